The second-order valence-corrected chi connectivity index (χ2v) is 8.58. The summed E-state index contributed by atoms with van der Waals surface area (Å²) in [5.74, 6) is 6.05. The lowest BCUT2D eigenvalue weighted by molar-refractivity contribution is 0.103. The molecular weight excluding hydrogens is 468 g/mol. The maximum Gasteiger partial charge on any atom is 0.205 e. The van der Waals surface area contributed by atoms with Crippen molar-refractivity contribution in [1.29, 1.82) is 0 Å². The van der Waals surface area contributed by atoms with E-state index in [1.807, 2.05) is 41.8 Å². The number of carbonyl (C=O) groups excluding carboxylic acids is 1. The average molecular weight is 499 g/mol. The first-order valence-corrected chi connectivity index (χ1v) is 11.8. The lowest BCUT2D eigenvalue weighted by Gasteiger charge is -2.15. The van der Waals surface area contributed by atoms with E-state index in [9.17, 15) is 9.90 Å². The van der Waals surface area contributed by atoms with Crippen molar-refractivity contribution in [1.82, 2.24) is 9.55 Å². The standard InChI is InChI=1S/C29H30N4O4/c1-4-7-21-12-15-24-26(27(35)20-10-13-22(37-31)14-11-20)18(3)33(29(24)32-21)17-19-8-6-9-23(16-19)36-28(30)25(34)5-2/h4-6,8-16,28,34H,1,7,17,30-31H2,2-3H3/b25-5-/t28-/m0/s1. The van der Waals surface area contributed by atoms with Gasteiger partial charge in [-0.1, -0.05) is 18.2 Å². The predicted molar refractivity (Wildman–Crippen MR) is 144 cm³/mol. The number of rotatable bonds is 10. The van der Waals surface area contributed by atoms with Crippen LogP contribution in [-0.2, 0) is 13.0 Å². The molecule has 0 unspecified atom stereocenters. The first kappa shape index (κ1) is 25.7. The number of nitrogens with two attached hydrogens (primary N) is 2. The fraction of sp³-hybridized carbons (Fsp3) is 0.172. The normalized spacial score (nSPS) is 12.4. The molecule has 0 saturated heterocycles. The Kier molecular flexibility index (Phi) is 7.71. The van der Waals surface area contributed by atoms with Crippen molar-refractivity contribution in [2.24, 2.45) is 11.6 Å². The van der Waals surface area contributed by atoms with Crippen LogP contribution in [0.2, 0.25) is 0 Å². The Balaban J connectivity index is 1.77. The number of aliphatic hydroxyl groups is 1. The molecule has 0 saturated carbocycles. The van der Waals surface area contributed by atoms with E-state index in [2.05, 4.69) is 6.58 Å². The number of aliphatic hydroxyl groups excluding tert-OH is 1. The van der Waals surface area contributed by atoms with Crippen molar-refractivity contribution in [2.45, 2.75) is 33.0 Å². The SMILES string of the molecule is C=CCc1ccc2c(C(=O)c3ccc(ON)cc3)c(C)n(Cc3cccc(O[C@H](N)/C(O)=C/C)c3)c2n1. The lowest BCUT2D eigenvalue weighted by Crippen LogP contribution is -2.29. The molecule has 2 aromatic carbocycles. The van der Waals surface area contributed by atoms with Crippen LogP contribution in [0, 0.1) is 6.92 Å². The molecular formula is C29H30N4O4. The highest BCUT2D eigenvalue weighted by atomic mass is 16.6. The van der Waals surface area contributed by atoms with Gasteiger partial charge in [0.25, 0.3) is 0 Å². The zero-order chi connectivity index (χ0) is 26.5. The molecule has 0 amide bonds. The largest absolute Gasteiger partial charge is 0.507 e. The number of ketones is 1. The van der Waals surface area contributed by atoms with Gasteiger partial charge in [0.05, 0.1) is 5.56 Å². The number of hydrogen-bond acceptors (Lipinski definition) is 7. The lowest BCUT2D eigenvalue weighted by atomic mass is 10.0. The van der Waals surface area contributed by atoms with Gasteiger partial charge in [-0.3, -0.25) is 10.5 Å². The molecule has 0 fully saturated rings. The molecule has 8 heteroatoms. The zero-order valence-corrected chi connectivity index (χ0v) is 20.8. The van der Waals surface area contributed by atoms with Gasteiger partial charge in [0.15, 0.2) is 5.78 Å². The Hall–Kier alpha value is -4.40. The molecule has 190 valence electrons. The molecule has 5 N–H and O–H groups in total. The summed E-state index contributed by atoms with van der Waals surface area (Å²) in [5.41, 5.74) is 10.3. The maximum atomic E-state index is 13.6. The van der Waals surface area contributed by atoms with Crippen LogP contribution in [0.25, 0.3) is 11.0 Å². The summed E-state index contributed by atoms with van der Waals surface area (Å²) in [6.07, 6.45) is 2.94. The van der Waals surface area contributed by atoms with Crippen LogP contribution < -0.4 is 21.2 Å². The van der Waals surface area contributed by atoms with Crippen LogP contribution in [-0.4, -0.2) is 26.7 Å². The molecule has 2 aromatic heterocycles. The fourth-order valence-electron chi connectivity index (χ4n) is 4.22. The van der Waals surface area contributed by atoms with Crippen LogP contribution >= 0.6 is 0 Å². The maximum absolute atomic E-state index is 13.6. The molecule has 0 aliphatic carbocycles. The number of pyridine rings is 1. The number of benzene rings is 2. The summed E-state index contributed by atoms with van der Waals surface area (Å²) in [5, 5.41) is 10.6. The molecule has 4 rings (SSSR count). The number of aromatic nitrogens is 2. The molecule has 2 heterocycles. The second-order valence-electron chi connectivity index (χ2n) is 8.58. The highest BCUT2D eigenvalue weighted by Crippen LogP contribution is 2.29. The van der Waals surface area contributed by atoms with Gasteiger partial charge < -0.3 is 19.2 Å². The van der Waals surface area contributed by atoms with Crippen molar-refractivity contribution in [3.8, 4) is 11.5 Å². The van der Waals surface area contributed by atoms with Gasteiger partial charge in [-0.2, -0.15) is 5.90 Å². The Labute approximate surface area is 215 Å². The number of ether oxygens (including phenoxy) is 1. The van der Waals surface area contributed by atoms with E-state index in [1.165, 1.54) is 6.08 Å². The second kappa shape index (κ2) is 11.1. The van der Waals surface area contributed by atoms with Crippen LogP contribution in [0.15, 0.2) is 85.2 Å². The van der Waals surface area contributed by atoms with Crippen molar-refractivity contribution in [3.63, 3.8) is 0 Å². The summed E-state index contributed by atoms with van der Waals surface area (Å²) in [6, 6.07) is 18.0. The van der Waals surface area contributed by atoms with Gasteiger partial charge >= 0.3 is 0 Å². The minimum Gasteiger partial charge on any atom is -0.507 e. The minimum absolute atomic E-state index is 0.0502. The monoisotopic (exact) mass is 498 g/mol. The van der Waals surface area contributed by atoms with Crippen molar-refractivity contribution in [3.05, 3.63) is 113 Å². The number of hydrogen-bond donors (Lipinski definition) is 3. The number of allylic oxidation sites excluding steroid dienone is 2. The summed E-state index contributed by atoms with van der Waals surface area (Å²) in [6.45, 7) is 7.86. The van der Waals surface area contributed by atoms with Gasteiger partial charge in [-0.05, 0) is 74.0 Å². The molecule has 0 aliphatic rings. The quantitative estimate of drug-likeness (QED) is 0.0949. The highest BCUT2D eigenvalue weighted by molar-refractivity contribution is 6.17. The van der Waals surface area contributed by atoms with Gasteiger partial charge in [-0.25, -0.2) is 4.98 Å². The third kappa shape index (κ3) is 5.40. The van der Waals surface area contributed by atoms with Gasteiger partial charge in [0.2, 0.25) is 6.23 Å². The summed E-state index contributed by atoms with van der Waals surface area (Å²) < 4.78 is 7.71. The third-order valence-electron chi connectivity index (χ3n) is 6.15. The highest BCUT2D eigenvalue weighted by Gasteiger charge is 2.23. The van der Waals surface area contributed by atoms with E-state index >= 15 is 0 Å². The Morgan fingerprint density at radius 2 is 1.92 bits per heavy atom. The minimum atomic E-state index is -0.960. The van der Waals surface area contributed by atoms with Gasteiger partial charge in [-0.15, -0.1) is 6.58 Å². The fourth-order valence-corrected chi connectivity index (χ4v) is 4.22. The van der Waals surface area contributed by atoms with Crippen molar-refractivity contribution in [2.75, 3.05) is 0 Å². The Morgan fingerprint density at radius 3 is 2.59 bits per heavy atom. The van der Waals surface area contributed by atoms with E-state index in [1.54, 1.807) is 43.3 Å². The topological polar surface area (TPSA) is 126 Å². The first-order valence-electron chi connectivity index (χ1n) is 11.8. The van der Waals surface area contributed by atoms with E-state index in [0.717, 1.165) is 22.3 Å². The third-order valence-corrected chi connectivity index (χ3v) is 6.15. The summed E-state index contributed by atoms with van der Waals surface area (Å²) >= 11 is 0. The molecule has 0 radical (unpaired) electrons. The summed E-state index contributed by atoms with van der Waals surface area (Å²) in [4.78, 5) is 23.2. The number of nitrogens with zero attached hydrogens (tertiary/aromatic N) is 2. The number of carbonyl (C=O) groups is 1. The smallest absolute Gasteiger partial charge is 0.205 e. The van der Waals surface area contributed by atoms with E-state index in [-0.39, 0.29) is 11.5 Å². The molecule has 4 aromatic rings. The predicted octanol–water partition coefficient (Wildman–Crippen LogP) is 4.73. The molecule has 0 bridgehead atoms. The van der Waals surface area contributed by atoms with Gasteiger partial charge in [0, 0.05) is 35.3 Å². The van der Waals surface area contributed by atoms with Crippen molar-refractivity contribution < 1.29 is 19.5 Å². The molecule has 1 atom stereocenters. The molecule has 37 heavy (non-hydrogen) atoms. The first-order chi connectivity index (χ1) is 17.9. The van der Waals surface area contributed by atoms with Crippen LogP contribution in [0.3, 0.4) is 0 Å². The van der Waals surface area contributed by atoms with Crippen LogP contribution in [0.4, 0.5) is 0 Å². The van der Waals surface area contributed by atoms with Crippen LogP contribution in [0.5, 0.6) is 11.5 Å². The average Bonchev–Trinajstić information content (AvgIpc) is 3.18. The van der Waals surface area contributed by atoms with E-state index < -0.39 is 6.23 Å². The number of fused-ring (bicyclic) bond motifs is 1. The molecule has 0 aliphatic heterocycles. The Bertz CT molecular complexity index is 1470. The van der Waals surface area contributed by atoms with E-state index in [4.69, 9.17) is 26.2 Å². The van der Waals surface area contributed by atoms with Crippen molar-refractivity contribution >= 4 is 16.8 Å². The molecule has 0 spiro atoms. The zero-order valence-electron chi connectivity index (χ0n) is 20.8. The Morgan fingerprint density at radius 1 is 1.16 bits per heavy atom. The summed E-state index contributed by atoms with van der Waals surface area (Å²) in [7, 11) is 0. The van der Waals surface area contributed by atoms with E-state index in [0.29, 0.717) is 41.2 Å². The van der Waals surface area contributed by atoms with Crippen LogP contribution in [0.1, 0.15) is 39.8 Å². The molecule has 8 nitrogen and oxygen atoms in total. The van der Waals surface area contributed by atoms with Gasteiger partial charge in [0.1, 0.15) is 22.9 Å².